The normalized spacial score (nSPS) is 15.6. The molecule has 7 heteroatoms. The van der Waals surface area contributed by atoms with Crippen LogP contribution in [0.25, 0.3) is 0 Å². The molecule has 1 atom stereocenters. The molecule has 1 unspecified atom stereocenters. The third-order valence-corrected chi connectivity index (χ3v) is 8.14. The second-order valence-electron chi connectivity index (χ2n) is 3.43. The van der Waals surface area contributed by atoms with Crippen LogP contribution in [-0.4, -0.2) is 25.2 Å². The summed E-state index contributed by atoms with van der Waals surface area (Å²) in [5.41, 5.74) is 0. The maximum Gasteiger partial charge on any atom is 0.362 e. The molecule has 0 spiro atoms. The molecule has 0 aromatic carbocycles. The molecule has 0 radical (unpaired) electrons. The van der Waals surface area contributed by atoms with E-state index in [0.717, 1.165) is 5.75 Å². The molecule has 0 aliphatic rings. The van der Waals surface area contributed by atoms with Crippen LogP contribution in [0.3, 0.4) is 0 Å². The van der Waals surface area contributed by atoms with Crippen LogP contribution in [0.4, 0.5) is 0 Å². The Balaban J connectivity index is 4.11. The van der Waals surface area contributed by atoms with Crippen LogP contribution in [-0.2, 0) is 9.09 Å². The van der Waals surface area contributed by atoms with Crippen molar-refractivity contribution in [1.82, 2.24) is 5.09 Å². The summed E-state index contributed by atoms with van der Waals surface area (Å²) < 4.78 is 17.4. The summed E-state index contributed by atoms with van der Waals surface area (Å²) in [7, 11) is 2.85. The summed E-state index contributed by atoms with van der Waals surface area (Å²) in [6, 6.07) is 0. The monoisotopic (exact) mass is 284 g/mol. The van der Waals surface area contributed by atoms with Gasteiger partial charge >= 0.3 is 6.72 Å². The molecular weight excluding hydrogens is 263 g/mol. The molecule has 0 aromatic rings. The number of aliphatic imine (C=N–C) groups is 1. The van der Waals surface area contributed by atoms with Crippen molar-refractivity contribution in [3.63, 3.8) is 0 Å². The SMILES string of the molecule is CCN=CNP(=O)(OCC)SSCC(C)C. The minimum atomic E-state index is -2.82. The van der Waals surface area contributed by atoms with Gasteiger partial charge in [-0.25, -0.2) is 0 Å². The Bertz CT molecular complexity index is 250. The molecule has 0 bridgehead atoms. The van der Waals surface area contributed by atoms with Gasteiger partial charge < -0.3 is 4.52 Å². The van der Waals surface area contributed by atoms with Crippen LogP contribution in [0.5, 0.6) is 0 Å². The number of hydrogen-bond donors (Lipinski definition) is 1. The zero-order valence-electron chi connectivity index (χ0n) is 10.3. The first-order valence-electron chi connectivity index (χ1n) is 5.36. The molecule has 0 aliphatic heterocycles. The molecule has 0 heterocycles. The highest BCUT2D eigenvalue weighted by molar-refractivity contribution is 8.99. The Morgan fingerprint density at radius 1 is 1.50 bits per heavy atom. The minimum absolute atomic E-state index is 0.430. The molecule has 4 nitrogen and oxygen atoms in total. The molecule has 0 rings (SSSR count). The first-order valence-corrected chi connectivity index (χ1v) is 9.90. The van der Waals surface area contributed by atoms with E-state index in [4.69, 9.17) is 4.52 Å². The highest BCUT2D eigenvalue weighted by Gasteiger charge is 2.22. The molecule has 96 valence electrons. The molecule has 16 heavy (non-hydrogen) atoms. The average molecular weight is 284 g/mol. The number of nitrogens with zero attached hydrogens (tertiary/aromatic N) is 1. The van der Waals surface area contributed by atoms with Crippen molar-refractivity contribution in [3.05, 3.63) is 0 Å². The predicted molar refractivity (Wildman–Crippen MR) is 76.3 cm³/mol. The lowest BCUT2D eigenvalue weighted by Gasteiger charge is -2.15. The van der Waals surface area contributed by atoms with Crippen LogP contribution >= 0.6 is 27.9 Å². The Morgan fingerprint density at radius 3 is 2.69 bits per heavy atom. The molecular formula is C9H21N2O2PS2. The van der Waals surface area contributed by atoms with Gasteiger partial charge in [0, 0.05) is 22.7 Å². The number of rotatable bonds is 9. The highest BCUT2D eigenvalue weighted by Crippen LogP contribution is 2.61. The summed E-state index contributed by atoms with van der Waals surface area (Å²) in [5.74, 6) is 1.53. The van der Waals surface area contributed by atoms with E-state index in [2.05, 4.69) is 23.9 Å². The molecule has 0 saturated carbocycles. The van der Waals surface area contributed by atoms with E-state index in [9.17, 15) is 4.57 Å². The van der Waals surface area contributed by atoms with Crippen molar-refractivity contribution >= 4 is 34.3 Å². The number of hydrogen-bond acceptors (Lipinski definition) is 5. The quantitative estimate of drug-likeness (QED) is 0.302. The largest absolute Gasteiger partial charge is 0.362 e. The smallest absolute Gasteiger partial charge is 0.306 e. The van der Waals surface area contributed by atoms with Crippen LogP contribution in [0.2, 0.25) is 0 Å². The van der Waals surface area contributed by atoms with E-state index < -0.39 is 6.72 Å². The summed E-state index contributed by atoms with van der Waals surface area (Å²) in [6.07, 6.45) is 1.47. The van der Waals surface area contributed by atoms with E-state index in [1.54, 1.807) is 10.8 Å². The van der Waals surface area contributed by atoms with Gasteiger partial charge in [-0.2, -0.15) is 0 Å². The lowest BCUT2D eigenvalue weighted by molar-refractivity contribution is 0.343. The van der Waals surface area contributed by atoms with E-state index in [0.29, 0.717) is 19.1 Å². The van der Waals surface area contributed by atoms with Crippen molar-refractivity contribution in [2.75, 3.05) is 18.9 Å². The Morgan fingerprint density at radius 2 is 2.19 bits per heavy atom. The second-order valence-corrected chi connectivity index (χ2v) is 9.59. The predicted octanol–water partition coefficient (Wildman–Crippen LogP) is 3.81. The summed E-state index contributed by atoms with van der Waals surface area (Å²) in [5, 5.41) is 2.76. The van der Waals surface area contributed by atoms with Gasteiger partial charge in [-0.15, -0.1) is 0 Å². The molecule has 0 saturated heterocycles. The van der Waals surface area contributed by atoms with Gasteiger partial charge in [-0.1, -0.05) is 24.6 Å². The maximum absolute atomic E-state index is 12.2. The van der Waals surface area contributed by atoms with Crippen LogP contribution in [0.15, 0.2) is 4.99 Å². The van der Waals surface area contributed by atoms with Crippen molar-refractivity contribution in [3.8, 4) is 0 Å². The molecule has 0 amide bonds. The van der Waals surface area contributed by atoms with Crippen LogP contribution in [0.1, 0.15) is 27.7 Å². The van der Waals surface area contributed by atoms with E-state index in [-0.39, 0.29) is 0 Å². The van der Waals surface area contributed by atoms with Crippen LogP contribution in [0, 0.1) is 5.92 Å². The van der Waals surface area contributed by atoms with E-state index >= 15 is 0 Å². The summed E-state index contributed by atoms with van der Waals surface area (Å²) in [4.78, 5) is 3.97. The molecule has 0 aliphatic carbocycles. The minimum Gasteiger partial charge on any atom is -0.306 e. The van der Waals surface area contributed by atoms with E-state index in [1.165, 1.54) is 16.8 Å². The third-order valence-electron chi connectivity index (χ3n) is 1.34. The zero-order chi connectivity index (χ0) is 12.4. The topological polar surface area (TPSA) is 50.7 Å². The van der Waals surface area contributed by atoms with Gasteiger partial charge in [0.05, 0.1) is 12.9 Å². The Kier molecular flexibility index (Phi) is 9.61. The maximum atomic E-state index is 12.2. The van der Waals surface area contributed by atoms with Crippen molar-refractivity contribution in [2.24, 2.45) is 10.9 Å². The molecule has 0 fully saturated rings. The van der Waals surface area contributed by atoms with Crippen LogP contribution < -0.4 is 5.09 Å². The first-order chi connectivity index (χ1) is 7.54. The lowest BCUT2D eigenvalue weighted by Crippen LogP contribution is -2.07. The van der Waals surface area contributed by atoms with Gasteiger partial charge in [0.1, 0.15) is 0 Å². The third kappa shape index (κ3) is 8.50. The fourth-order valence-electron chi connectivity index (χ4n) is 0.689. The summed E-state index contributed by atoms with van der Waals surface area (Å²) >= 11 is 0. The highest BCUT2D eigenvalue weighted by atomic mass is 33.3. The Hall–Kier alpha value is 0.360. The van der Waals surface area contributed by atoms with Crippen molar-refractivity contribution in [1.29, 1.82) is 0 Å². The molecule has 0 aromatic heterocycles. The first kappa shape index (κ1) is 16.4. The number of nitrogens with one attached hydrogen (secondary N) is 1. The van der Waals surface area contributed by atoms with Gasteiger partial charge in [0.15, 0.2) is 0 Å². The fourth-order valence-corrected chi connectivity index (χ4v) is 6.59. The van der Waals surface area contributed by atoms with Crippen molar-refractivity contribution in [2.45, 2.75) is 27.7 Å². The van der Waals surface area contributed by atoms with Gasteiger partial charge in [-0.05, 0) is 19.8 Å². The van der Waals surface area contributed by atoms with Gasteiger partial charge in [0.25, 0.3) is 0 Å². The fraction of sp³-hybridized carbons (Fsp3) is 0.889. The standard InChI is InChI=1S/C9H21N2O2PS2/c1-5-10-8-11-14(12,13-6-2)16-15-7-9(3)4/h8-9H,5-7H2,1-4H3,(H,10,11,12). The molecule has 1 N–H and O–H groups in total. The van der Waals surface area contributed by atoms with Gasteiger partial charge in [0.2, 0.25) is 0 Å². The Labute approximate surface area is 106 Å². The zero-order valence-corrected chi connectivity index (χ0v) is 12.8. The van der Waals surface area contributed by atoms with E-state index in [1.807, 2.05) is 13.8 Å². The lowest BCUT2D eigenvalue weighted by atomic mass is 10.3. The second kappa shape index (κ2) is 9.40. The van der Waals surface area contributed by atoms with Crippen molar-refractivity contribution < 1.29 is 9.09 Å². The van der Waals surface area contributed by atoms with Gasteiger partial charge in [-0.3, -0.25) is 14.6 Å². The average Bonchev–Trinajstić information content (AvgIpc) is 2.18. The summed E-state index contributed by atoms with van der Waals surface area (Å²) in [6.45, 7) is 6.29.